The fourth-order valence-electron chi connectivity index (χ4n) is 2.41. The highest BCUT2D eigenvalue weighted by atomic mass is 79.9. The summed E-state index contributed by atoms with van der Waals surface area (Å²) in [6, 6.07) is 6.75. The van der Waals surface area contributed by atoms with Gasteiger partial charge in [0.2, 0.25) is 0 Å². The van der Waals surface area contributed by atoms with Crippen LogP contribution in [0.3, 0.4) is 0 Å². The summed E-state index contributed by atoms with van der Waals surface area (Å²) in [4.78, 5) is 0. The average Bonchev–Trinajstić information content (AvgIpc) is 2.41. The number of rotatable bonds is 4. The Bertz CT molecular complexity index is 388. The maximum Gasteiger partial charge on any atom is 0.133 e. The Morgan fingerprint density at radius 2 is 2.00 bits per heavy atom. The van der Waals surface area contributed by atoms with Crippen molar-refractivity contribution in [1.82, 2.24) is 5.32 Å². The Hall–Kier alpha value is -0.540. The van der Waals surface area contributed by atoms with Crippen LogP contribution in [0.4, 0.5) is 0 Å². The van der Waals surface area contributed by atoms with E-state index in [2.05, 4.69) is 46.4 Å². The lowest BCUT2D eigenvalue weighted by molar-refractivity contribution is 0.154. The van der Waals surface area contributed by atoms with Crippen LogP contribution in [0.1, 0.15) is 50.6 Å². The molecule has 1 aliphatic rings. The van der Waals surface area contributed by atoms with E-state index in [1.165, 1.54) is 37.7 Å². The number of halogens is 1. The Labute approximate surface area is 118 Å². The van der Waals surface area contributed by atoms with Crippen LogP contribution < -0.4 is 10.1 Å². The van der Waals surface area contributed by atoms with Crippen LogP contribution in [0.25, 0.3) is 0 Å². The van der Waals surface area contributed by atoms with Crippen molar-refractivity contribution >= 4 is 15.9 Å². The number of nitrogens with one attached hydrogen (secondary N) is 1. The Morgan fingerprint density at radius 3 is 2.61 bits per heavy atom. The predicted octanol–water partition coefficient (Wildman–Crippen LogP) is 4.44. The zero-order chi connectivity index (χ0) is 13.0. The highest BCUT2D eigenvalue weighted by Crippen LogP contribution is 2.31. The summed E-state index contributed by atoms with van der Waals surface area (Å²) >= 11 is 3.62. The molecule has 0 aliphatic heterocycles. The molecule has 1 aromatic carbocycles. The number of hydrogen-bond acceptors (Lipinski definition) is 2. The third-order valence-electron chi connectivity index (χ3n) is 3.73. The van der Waals surface area contributed by atoms with Gasteiger partial charge in [-0.2, -0.15) is 0 Å². The molecule has 3 heteroatoms. The Kier molecular flexibility index (Phi) is 5.07. The highest BCUT2D eigenvalue weighted by Gasteiger charge is 2.16. The van der Waals surface area contributed by atoms with Crippen molar-refractivity contribution in [2.45, 2.75) is 51.2 Å². The lowest BCUT2D eigenvalue weighted by Gasteiger charge is -2.24. The molecule has 0 spiro atoms. The third kappa shape index (κ3) is 3.48. The first-order valence-corrected chi connectivity index (χ1v) is 7.63. The number of hydrogen-bond donors (Lipinski definition) is 1. The van der Waals surface area contributed by atoms with E-state index in [0.29, 0.717) is 12.1 Å². The molecule has 0 aromatic heterocycles. The normalized spacial score (nSPS) is 18.6. The second-order valence-electron chi connectivity index (χ2n) is 5.08. The van der Waals surface area contributed by atoms with Crippen LogP contribution in [0.2, 0.25) is 0 Å². The molecule has 1 fully saturated rings. The molecule has 1 aromatic rings. The molecule has 18 heavy (non-hydrogen) atoms. The zero-order valence-electron chi connectivity index (χ0n) is 11.2. The van der Waals surface area contributed by atoms with E-state index in [9.17, 15) is 0 Å². The molecule has 100 valence electrons. The summed E-state index contributed by atoms with van der Waals surface area (Å²) in [5.41, 5.74) is 1.28. The first kappa shape index (κ1) is 13.9. The zero-order valence-corrected chi connectivity index (χ0v) is 12.8. The van der Waals surface area contributed by atoms with Crippen molar-refractivity contribution in [3.63, 3.8) is 0 Å². The van der Waals surface area contributed by atoms with Crippen molar-refractivity contribution in [2.75, 3.05) is 7.05 Å². The smallest absolute Gasteiger partial charge is 0.133 e. The maximum atomic E-state index is 6.09. The quantitative estimate of drug-likeness (QED) is 0.887. The van der Waals surface area contributed by atoms with Gasteiger partial charge in [0.25, 0.3) is 0 Å². The molecular formula is C15H22BrNO. The minimum absolute atomic E-state index is 0.366. The molecular weight excluding hydrogens is 290 g/mol. The SMILES string of the molecule is CNC(C)c1ccc(OC2CCCCC2)c(Br)c1. The minimum atomic E-state index is 0.366. The van der Waals surface area contributed by atoms with Gasteiger partial charge in [-0.15, -0.1) is 0 Å². The van der Waals surface area contributed by atoms with E-state index in [-0.39, 0.29) is 0 Å². The monoisotopic (exact) mass is 311 g/mol. The second-order valence-corrected chi connectivity index (χ2v) is 5.93. The van der Waals surface area contributed by atoms with Gasteiger partial charge < -0.3 is 10.1 Å². The van der Waals surface area contributed by atoms with Crippen LogP contribution in [-0.2, 0) is 0 Å². The highest BCUT2D eigenvalue weighted by molar-refractivity contribution is 9.10. The molecule has 0 heterocycles. The van der Waals surface area contributed by atoms with Crippen molar-refractivity contribution in [2.24, 2.45) is 0 Å². The molecule has 1 unspecified atom stereocenters. The molecule has 2 nitrogen and oxygen atoms in total. The van der Waals surface area contributed by atoms with Crippen molar-refractivity contribution in [1.29, 1.82) is 0 Å². The topological polar surface area (TPSA) is 21.3 Å². The largest absolute Gasteiger partial charge is 0.489 e. The molecule has 1 saturated carbocycles. The van der Waals surface area contributed by atoms with E-state index < -0.39 is 0 Å². The number of benzene rings is 1. The standard InChI is InChI=1S/C15H22BrNO/c1-11(17-2)12-8-9-15(14(16)10-12)18-13-6-4-3-5-7-13/h8-11,13,17H,3-7H2,1-2H3. The van der Waals surface area contributed by atoms with Crippen LogP contribution in [0.15, 0.2) is 22.7 Å². The molecule has 0 amide bonds. The van der Waals surface area contributed by atoms with Gasteiger partial charge in [-0.3, -0.25) is 0 Å². The van der Waals surface area contributed by atoms with E-state index in [1.54, 1.807) is 0 Å². The van der Waals surface area contributed by atoms with Gasteiger partial charge in [0.05, 0.1) is 10.6 Å². The molecule has 0 radical (unpaired) electrons. The predicted molar refractivity (Wildman–Crippen MR) is 79.1 cm³/mol. The van der Waals surface area contributed by atoms with Crippen LogP contribution in [0, 0.1) is 0 Å². The summed E-state index contributed by atoms with van der Waals surface area (Å²) in [5.74, 6) is 0.981. The van der Waals surface area contributed by atoms with Crippen molar-refractivity contribution in [3.8, 4) is 5.75 Å². The van der Waals surface area contributed by atoms with E-state index >= 15 is 0 Å². The first-order valence-electron chi connectivity index (χ1n) is 6.84. The Morgan fingerprint density at radius 1 is 1.28 bits per heavy atom. The van der Waals surface area contributed by atoms with Gasteiger partial charge in [0.1, 0.15) is 5.75 Å². The molecule has 0 saturated heterocycles. The van der Waals surface area contributed by atoms with Gasteiger partial charge in [0.15, 0.2) is 0 Å². The lowest BCUT2D eigenvalue weighted by Crippen LogP contribution is -2.20. The summed E-state index contributed by atoms with van der Waals surface area (Å²) in [6.07, 6.45) is 6.76. The van der Waals surface area contributed by atoms with Gasteiger partial charge in [-0.05, 0) is 73.3 Å². The summed E-state index contributed by atoms with van der Waals surface area (Å²) < 4.78 is 7.15. The molecule has 1 N–H and O–H groups in total. The van der Waals surface area contributed by atoms with E-state index in [1.807, 2.05) is 7.05 Å². The fraction of sp³-hybridized carbons (Fsp3) is 0.600. The summed E-state index contributed by atoms with van der Waals surface area (Å²) in [7, 11) is 1.98. The molecule has 1 aliphatic carbocycles. The van der Waals surface area contributed by atoms with Crippen molar-refractivity contribution < 1.29 is 4.74 Å². The van der Waals surface area contributed by atoms with Crippen LogP contribution in [0.5, 0.6) is 5.75 Å². The van der Waals surface area contributed by atoms with Crippen LogP contribution >= 0.6 is 15.9 Å². The van der Waals surface area contributed by atoms with E-state index in [0.717, 1.165) is 10.2 Å². The number of ether oxygens (including phenoxy) is 1. The van der Waals surface area contributed by atoms with E-state index in [4.69, 9.17) is 4.74 Å². The second kappa shape index (κ2) is 6.58. The first-order chi connectivity index (χ1) is 8.70. The molecule has 1 atom stereocenters. The van der Waals surface area contributed by atoms with Gasteiger partial charge in [-0.1, -0.05) is 12.5 Å². The maximum absolute atomic E-state index is 6.09. The average molecular weight is 312 g/mol. The Balaban J connectivity index is 2.04. The summed E-state index contributed by atoms with van der Waals surface area (Å²) in [5, 5.41) is 3.25. The minimum Gasteiger partial charge on any atom is -0.489 e. The van der Waals surface area contributed by atoms with Gasteiger partial charge >= 0.3 is 0 Å². The molecule has 0 bridgehead atoms. The van der Waals surface area contributed by atoms with Crippen LogP contribution in [-0.4, -0.2) is 13.2 Å². The molecule has 2 rings (SSSR count). The van der Waals surface area contributed by atoms with Gasteiger partial charge in [0, 0.05) is 6.04 Å². The third-order valence-corrected chi connectivity index (χ3v) is 4.35. The van der Waals surface area contributed by atoms with Crippen molar-refractivity contribution in [3.05, 3.63) is 28.2 Å². The van der Waals surface area contributed by atoms with Gasteiger partial charge in [-0.25, -0.2) is 0 Å². The lowest BCUT2D eigenvalue weighted by atomic mass is 9.98. The fourth-order valence-corrected chi connectivity index (χ4v) is 2.90. The summed E-state index contributed by atoms with van der Waals surface area (Å²) in [6.45, 7) is 2.16.